The number of rotatable bonds is 3. The lowest BCUT2D eigenvalue weighted by molar-refractivity contribution is -0.240. The van der Waals surface area contributed by atoms with Gasteiger partial charge in [0.05, 0.1) is 12.2 Å². The van der Waals surface area contributed by atoms with Crippen molar-refractivity contribution in [1.82, 2.24) is 0 Å². The first-order chi connectivity index (χ1) is 5.76. The van der Waals surface area contributed by atoms with E-state index < -0.39 is 0 Å². The standard InChI is InChI=1S/C10H20O2/c1-4-6-10-11-8(3)7-9(5-2)12-10/h8-10H,4-7H2,1-3H3. The molecule has 2 nitrogen and oxygen atoms in total. The molecule has 1 heterocycles. The third-order valence-corrected chi connectivity index (χ3v) is 2.30. The third-order valence-electron chi connectivity index (χ3n) is 2.30. The topological polar surface area (TPSA) is 18.5 Å². The van der Waals surface area contributed by atoms with Crippen LogP contribution in [0.5, 0.6) is 0 Å². The lowest BCUT2D eigenvalue weighted by Gasteiger charge is -2.33. The summed E-state index contributed by atoms with van der Waals surface area (Å²) in [7, 11) is 0. The number of ether oxygens (including phenoxy) is 2. The largest absolute Gasteiger partial charge is 0.350 e. The second-order valence-electron chi connectivity index (χ2n) is 3.57. The second kappa shape index (κ2) is 4.83. The molecule has 0 bridgehead atoms. The highest BCUT2D eigenvalue weighted by atomic mass is 16.7. The molecule has 0 radical (unpaired) electrons. The molecule has 0 aromatic rings. The van der Waals surface area contributed by atoms with Crippen molar-refractivity contribution in [3.8, 4) is 0 Å². The van der Waals surface area contributed by atoms with E-state index in [1.54, 1.807) is 0 Å². The SMILES string of the molecule is CCCC1OC(C)CC(CC)O1. The molecular formula is C10H20O2. The molecule has 12 heavy (non-hydrogen) atoms. The Morgan fingerprint density at radius 1 is 1.25 bits per heavy atom. The lowest BCUT2D eigenvalue weighted by Crippen LogP contribution is -2.36. The highest BCUT2D eigenvalue weighted by Gasteiger charge is 2.25. The fourth-order valence-corrected chi connectivity index (χ4v) is 1.62. The summed E-state index contributed by atoms with van der Waals surface area (Å²) in [6.07, 6.45) is 5.17. The predicted molar refractivity (Wildman–Crippen MR) is 49.0 cm³/mol. The van der Waals surface area contributed by atoms with Gasteiger partial charge >= 0.3 is 0 Å². The van der Waals surface area contributed by atoms with Crippen molar-refractivity contribution in [3.05, 3.63) is 0 Å². The highest BCUT2D eigenvalue weighted by Crippen LogP contribution is 2.22. The summed E-state index contributed by atoms with van der Waals surface area (Å²) in [5, 5.41) is 0. The van der Waals surface area contributed by atoms with Crippen LogP contribution in [-0.4, -0.2) is 18.5 Å². The van der Waals surface area contributed by atoms with Gasteiger partial charge in [0.1, 0.15) is 0 Å². The second-order valence-corrected chi connectivity index (χ2v) is 3.57. The van der Waals surface area contributed by atoms with E-state index >= 15 is 0 Å². The van der Waals surface area contributed by atoms with Gasteiger partial charge in [-0.05, 0) is 26.2 Å². The molecule has 0 aromatic carbocycles. The van der Waals surface area contributed by atoms with E-state index in [1.807, 2.05) is 0 Å². The first kappa shape index (κ1) is 10.0. The summed E-state index contributed by atoms with van der Waals surface area (Å²) in [5.74, 6) is 0. The quantitative estimate of drug-likeness (QED) is 0.651. The zero-order valence-corrected chi connectivity index (χ0v) is 8.38. The van der Waals surface area contributed by atoms with Gasteiger partial charge in [-0.25, -0.2) is 0 Å². The minimum Gasteiger partial charge on any atom is -0.350 e. The van der Waals surface area contributed by atoms with Gasteiger partial charge in [0.15, 0.2) is 6.29 Å². The Bertz CT molecular complexity index is 125. The first-order valence-electron chi connectivity index (χ1n) is 5.07. The molecular weight excluding hydrogens is 152 g/mol. The monoisotopic (exact) mass is 172 g/mol. The van der Waals surface area contributed by atoms with Crippen molar-refractivity contribution >= 4 is 0 Å². The van der Waals surface area contributed by atoms with Crippen molar-refractivity contribution in [2.75, 3.05) is 0 Å². The van der Waals surface area contributed by atoms with Gasteiger partial charge < -0.3 is 9.47 Å². The van der Waals surface area contributed by atoms with E-state index in [-0.39, 0.29) is 6.29 Å². The van der Waals surface area contributed by atoms with Gasteiger partial charge in [-0.15, -0.1) is 0 Å². The summed E-state index contributed by atoms with van der Waals surface area (Å²) >= 11 is 0. The molecule has 1 saturated heterocycles. The lowest BCUT2D eigenvalue weighted by atomic mass is 10.1. The van der Waals surface area contributed by atoms with E-state index in [0.717, 1.165) is 25.7 Å². The van der Waals surface area contributed by atoms with Crippen molar-refractivity contribution in [3.63, 3.8) is 0 Å². The molecule has 1 fully saturated rings. The Balaban J connectivity index is 2.34. The normalized spacial score (nSPS) is 36.8. The van der Waals surface area contributed by atoms with Gasteiger partial charge in [-0.2, -0.15) is 0 Å². The first-order valence-corrected chi connectivity index (χ1v) is 5.07. The van der Waals surface area contributed by atoms with Crippen LogP contribution in [0, 0.1) is 0 Å². The Morgan fingerprint density at radius 2 is 2.00 bits per heavy atom. The molecule has 0 N–H and O–H groups in total. The van der Waals surface area contributed by atoms with Gasteiger partial charge in [0.2, 0.25) is 0 Å². The molecule has 0 amide bonds. The van der Waals surface area contributed by atoms with E-state index in [1.165, 1.54) is 0 Å². The minimum absolute atomic E-state index is 0.0590. The average Bonchev–Trinajstić information content (AvgIpc) is 2.04. The van der Waals surface area contributed by atoms with Crippen LogP contribution in [0.4, 0.5) is 0 Å². The van der Waals surface area contributed by atoms with Crippen LogP contribution in [0.25, 0.3) is 0 Å². The van der Waals surface area contributed by atoms with E-state index in [0.29, 0.717) is 12.2 Å². The fraction of sp³-hybridized carbons (Fsp3) is 1.00. The smallest absolute Gasteiger partial charge is 0.158 e. The molecule has 3 atom stereocenters. The molecule has 3 unspecified atom stereocenters. The Kier molecular flexibility index (Phi) is 4.02. The van der Waals surface area contributed by atoms with Crippen LogP contribution >= 0.6 is 0 Å². The van der Waals surface area contributed by atoms with Gasteiger partial charge in [0.25, 0.3) is 0 Å². The maximum atomic E-state index is 5.72. The summed E-state index contributed by atoms with van der Waals surface area (Å²) in [5.41, 5.74) is 0. The van der Waals surface area contributed by atoms with Gasteiger partial charge in [0, 0.05) is 0 Å². The van der Waals surface area contributed by atoms with Crippen LogP contribution in [0.15, 0.2) is 0 Å². The average molecular weight is 172 g/mol. The molecule has 1 aliphatic rings. The summed E-state index contributed by atoms with van der Waals surface area (Å²) in [6.45, 7) is 6.46. The minimum atomic E-state index is 0.0590. The van der Waals surface area contributed by atoms with Crippen LogP contribution < -0.4 is 0 Å². The molecule has 0 spiro atoms. The molecule has 2 heteroatoms. The van der Waals surface area contributed by atoms with Crippen molar-refractivity contribution in [2.24, 2.45) is 0 Å². The molecule has 0 aliphatic carbocycles. The Hall–Kier alpha value is -0.0800. The molecule has 1 rings (SSSR count). The summed E-state index contributed by atoms with van der Waals surface area (Å²) in [6, 6.07) is 0. The Morgan fingerprint density at radius 3 is 2.58 bits per heavy atom. The van der Waals surface area contributed by atoms with Crippen LogP contribution in [0.2, 0.25) is 0 Å². The maximum absolute atomic E-state index is 5.72. The number of hydrogen-bond acceptors (Lipinski definition) is 2. The zero-order valence-electron chi connectivity index (χ0n) is 8.38. The summed E-state index contributed by atoms with van der Waals surface area (Å²) < 4.78 is 11.4. The van der Waals surface area contributed by atoms with E-state index in [9.17, 15) is 0 Å². The predicted octanol–water partition coefficient (Wildman–Crippen LogP) is 2.72. The molecule has 72 valence electrons. The van der Waals surface area contributed by atoms with Gasteiger partial charge in [-0.3, -0.25) is 0 Å². The van der Waals surface area contributed by atoms with E-state index in [4.69, 9.17) is 9.47 Å². The van der Waals surface area contributed by atoms with Crippen molar-refractivity contribution in [2.45, 2.75) is 65.0 Å². The van der Waals surface area contributed by atoms with E-state index in [2.05, 4.69) is 20.8 Å². The maximum Gasteiger partial charge on any atom is 0.158 e. The fourth-order valence-electron chi connectivity index (χ4n) is 1.62. The van der Waals surface area contributed by atoms with Crippen molar-refractivity contribution < 1.29 is 9.47 Å². The van der Waals surface area contributed by atoms with Crippen LogP contribution in [0.3, 0.4) is 0 Å². The third kappa shape index (κ3) is 2.76. The molecule has 0 saturated carbocycles. The van der Waals surface area contributed by atoms with Gasteiger partial charge in [-0.1, -0.05) is 20.3 Å². The van der Waals surface area contributed by atoms with Crippen LogP contribution in [0.1, 0.15) is 46.5 Å². The zero-order chi connectivity index (χ0) is 8.97. The molecule has 1 aliphatic heterocycles. The summed E-state index contributed by atoms with van der Waals surface area (Å²) in [4.78, 5) is 0. The van der Waals surface area contributed by atoms with Crippen LogP contribution in [-0.2, 0) is 9.47 Å². The highest BCUT2D eigenvalue weighted by molar-refractivity contribution is 4.68. The number of hydrogen-bond donors (Lipinski definition) is 0. The molecule has 0 aromatic heterocycles. The Labute approximate surface area is 75.2 Å². The van der Waals surface area contributed by atoms with Crippen molar-refractivity contribution in [1.29, 1.82) is 0 Å².